The Morgan fingerprint density at radius 2 is 1.68 bits per heavy atom. The standard InChI is InChI=1S/C25H17ClF5N3O4/c26-24(29)25(30,31)38-19-11-8-16(12-20(19)37-24)32-23(35)34-13-18(14-4-2-1-3-5-14)21(33-34)15-6-9-17(10-7-15)36-22(27)28/h1-12,22,33H,13H2,(H,32,35). The Labute approximate surface area is 217 Å². The summed E-state index contributed by atoms with van der Waals surface area (Å²) in [6.07, 6.45) is -4.43. The van der Waals surface area contributed by atoms with Gasteiger partial charge in [-0.15, -0.1) is 0 Å². The van der Waals surface area contributed by atoms with Crippen molar-refractivity contribution >= 4 is 34.6 Å². The third kappa shape index (κ3) is 4.99. The number of hydrazine groups is 1. The molecule has 2 aliphatic heterocycles. The van der Waals surface area contributed by atoms with E-state index in [1.54, 1.807) is 12.1 Å². The van der Waals surface area contributed by atoms with Crippen LogP contribution in [0.4, 0.5) is 32.4 Å². The zero-order valence-electron chi connectivity index (χ0n) is 19.1. The number of carbonyl (C=O) groups excluding carboxylic acids is 1. The van der Waals surface area contributed by atoms with E-state index in [0.717, 1.165) is 23.3 Å². The number of benzene rings is 3. The quantitative estimate of drug-likeness (QED) is 0.281. The second kappa shape index (κ2) is 9.60. The summed E-state index contributed by atoms with van der Waals surface area (Å²) >= 11 is 5.12. The molecule has 38 heavy (non-hydrogen) atoms. The molecule has 0 aliphatic carbocycles. The first-order valence-corrected chi connectivity index (χ1v) is 11.4. The Balaban J connectivity index is 1.36. The van der Waals surface area contributed by atoms with Gasteiger partial charge < -0.3 is 19.5 Å². The first-order chi connectivity index (χ1) is 18.0. The lowest BCUT2D eigenvalue weighted by Crippen LogP contribution is -2.51. The molecule has 0 saturated carbocycles. The van der Waals surface area contributed by atoms with E-state index in [1.165, 1.54) is 23.2 Å². The molecule has 0 spiro atoms. The molecule has 1 unspecified atom stereocenters. The van der Waals surface area contributed by atoms with Gasteiger partial charge in [0.2, 0.25) is 0 Å². The van der Waals surface area contributed by atoms with Gasteiger partial charge >= 0.3 is 24.1 Å². The summed E-state index contributed by atoms with van der Waals surface area (Å²) in [5.74, 6) is -0.921. The van der Waals surface area contributed by atoms with Crippen LogP contribution in [-0.2, 0) is 0 Å². The van der Waals surface area contributed by atoms with Crippen LogP contribution in [0.3, 0.4) is 0 Å². The fourth-order valence-corrected chi connectivity index (χ4v) is 3.98. The van der Waals surface area contributed by atoms with Gasteiger partial charge in [0.25, 0.3) is 0 Å². The Kier molecular flexibility index (Phi) is 6.43. The zero-order valence-corrected chi connectivity index (χ0v) is 19.8. The molecule has 3 aromatic rings. The van der Waals surface area contributed by atoms with Crippen LogP contribution >= 0.6 is 11.6 Å². The van der Waals surface area contributed by atoms with Crippen LogP contribution in [0.25, 0.3) is 11.3 Å². The normalized spacial score (nSPS) is 19.8. The summed E-state index contributed by atoms with van der Waals surface area (Å²) in [5.41, 5.74) is 5.76. The topological polar surface area (TPSA) is 72.1 Å². The molecule has 1 atom stereocenters. The van der Waals surface area contributed by atoms with Crippen LogP contribution in [0.15, 0.2) is 72.8 Å². The van der Waals surface area contributed by atoms with E-state index in [2.05, 4.69) is 25.0 Å². The number of hydrogen-bond donors (Lipinski definition) is 2. The number of nitrogens with one attached hydrogen (secondary N) is 2. The fraction of sp³-hybridized carbons (Fsp3) is 0.160. The van der Waals surface area contributed by atoms with Crippen LogP contribution in [0.1, 0.15) is 11.1 Å². The first kappa shape index (κ1) is 25.5. The predicted octanol–water partition coefficient (Wildman–Crippen LogP) is 6.43. The summed E-state index contributed by atoms with van der Waals surface area (Å²) in [7, 11) is 0. The first-order valence-electron chi connectivity index (χ1n) is 11.0. The number of fused-ring (bicyclic) bond motifs is 1. The van der Waals surface area contributed by atoms with Crippen LogP contribution in [0.5, 0.6) is 17.2 Å². The maximum atomic E-state index is 14.0. The van der Waals surface area contributed by atoms with Gasteiger partial charge in [0.15, 0.2) is 11.5 Å². The number of halogens is 6. The summed E-state index contributed by atoms with van der Waals surface area (Å²) in [6, 6.07) is 17.8. The Bertz CT molecular complexity index is 1390. The maximum absolute atomic E-state index is 14.0. The monoisotopic (exact) mass is 553 g/mol. The van der Waals surface area contributed by atoms with Crippen molar-refractivity contribution in [3.63, 3.8) is 0 Å². The minimum Gasteiger partial charge on any atom is -0.435 e. The molecule has 0 fully saturated rings. The molecule has 0 saturated heterocycles. The molecule has 2 N–H and O–H groups in total. The van der Waals surface area contributed by atoms with Crippen molar-refractivity contribution < 1.29 is 41.0 Å². The van der Waals surface area contributed by atoms with Gasteiger partial charge in [0.05, 0.1) is 12.2 Å². The number of carbonyl (C=O) groups is 1. The van der Waals surface area contributed by atoms with E-state index in [1.807, 2.05) is 30.3 Å². The largest absolute Gasteiger partial charge is 0.488 e. The second-order valence-electron chi connectivity index (χ2n) is 8.15. The van der Waals surface area contributed by atoms with Gasteiger partial charge in [-0.05, 0) is 53.6 Å². The smallest absolute Gasteiger partial charge is 0.435 e. The average Bonchev–Trinajstić information content (AvgIpc) is 3.31. The number of urea groups is 1. The van der Waals surface area contributed by atoms with Gasteiger partial charge in [-0.3, -0.25) is 5.43 Å². The molecule has 198 valence electrons. The minimum atomic E-state index is -4.43. The number of alkyl halides is 6. The lowest BCUT2D eigenvalue weighted by molar-refractivity contribution is -0.303. The lowest BCUT2D eigenvalue weighted by atomic mass is 10.0. The van der Waals surface area contributed by atoms with Crippen LogP contribution < -0.4 is 25.0 Å². The van der Waals surface area contributed by atoms with Crippen molar-refractivity contribution in [2.75, 3.05) is 11.9 Å². The molecular formula is C25H17ClF5N3O4. The maximum Gasteiger partial charge on any atom is 0.488 e. The third-order valence-electron chi connectivity index (χ3n) is 5.61. The molecule has 0 radical (unpaired) electrons. The summed E-state index contributed by atoms with van der Waals surface area (Å²) in [4.78, 5) is 13.1. The molecule has 7 nitrogen and oxygen atoms in total. The lowest BCUT2D eigenvalue weighted by Gasteiger charge is -2.33. The van der Waals surface area contributed by atoms with E-state index in [9.17, 15) is 26.7 Å². The highest BCUT2D eigenvalue weighted by atomic mass is 35.5. The highest BCUT2D eigenvalue weighted by molar-refractivity contribution is 6.22. The van der Waals surface area contributed by atoms with Crippen LogP contribution in [-0.4, -0.2) is 35.6 Å². The van der Waals surface area contributed by atoms with Crippen molar-refractivity contribution in [1.29, 1.82) is 0 Å². The van der Waals surface area contributed by atoms with E-state index in [0.29, 0.717) is 11.3 Å². The average molecular weight is 554 g/mol. The second-order valence-corrected chi connectivity index (χ2v) is 8.64. The molecule has 13 heteroatoms. The molecule has 3 aromatic carbocycles. The van der Waals surface area contributed by atoms with Crippen molar-refractivity contribution in [2.45, 2.75) is 18.0 Å². The van der Waals surface area contributed by atoms with E-state index in [-0.39, 0.29) is 18.0 Å². The van der Waals surface area contributed by atoms with E-state index < -0.39 is 35.6 Å². The molecule has 0 bridgehead atoms. The Hall–Kier alpha value is -4.19. The van der Waals surface area contributed by atoms with Gasteiger partial charge in [-0.25, -0.2) is 9.80 Å². The van der Waals surface area contributed by atoms with E-state index >= 15 is 0 Å². The SMILES string of the molecule is O=C(Nc1ccc2c(c1)OC(F)(Cl)C(F)(F)O2)N1CC(c2ccccc2)=C(c2ccc(OC(F)F)cc2)N1. The predicted molar refractivity (Wildman–Crippen MR) is 128 cm³/mol. The number of ether oxygens (including phenoxy) is 3. The fourth-order valence-electron chi connectivity index (χ4n) is 3.85. The molecule has 2 heterocycles. The molecule has 2 aliphatic rings. The molecule has 2 amide bonds. The Morgan fingerprint density at radius 1 is 0.974 bits per heavy atom. The van der Waals surface area contributed by atoms with Crippen molar-refractivity contribution in [3.05, 3.63) is 83.9 Å². The van der Waals surface area contributed by atoms with Gasteiger partial charge in [0.1, 0.15) is 5.75 Å². The van der Waals surface area contributed by atoms with Gasteiger partial charge in [-0.1, -0.05) is 30.3 Å². The minimum absolute atomic E-state index is 0.0242. The van der Waals surface area contributed by atoms with Crippen molar-refractivity contribution in [2.24, 2.45) is 0 Å². The Morgan fingerprint density at radius 3 is 2.37 bits per heavy atom. The summed E-state index contributed by atoms with van der Waals surface area (Å²) < 4.78 is 79.5. The number of hydrogen-bond acceptors (Lipinski definition) is 5. The number of rotatable bonds is 5. The third-order valence-corrected chi connectivity index (χ3v) is 5.91. The highest BCUT2D eigenvalue weighted by Gasteiger charge is 2.63. The van der Waals surface area contributed by atoms with E-state index in [4.69, 9.17) is 11.6 Å². The highest BCUT2D eigenvalue weighted by Crippen LogP contribution is 2.48. The summed E-state index contributed by atoms with van der Waals surface area (Å²) in [6.45, 7) is -2.86. The van der Waals surface area contributed by atoms with Gasteiger partial charge in [0, 0.05) is 22.9 Å². The van der Waals surface area contributed by atoms with Crippen molar-refractivity contribution in [1.82, 2.24) is 10.4 Å². The molecule has 5 rings (SSSR count). The zero-order chi connectivity index (χ0) is 27.1. The van der Waals surface area contributed by atoms with Crippen molar-refractivity contribution in [3.8, 4) is 17.2 Å². The number of nitrogens with zero attached hydrogens (tertiary/aromatic N) is 1. The van der Waals surface area contributed by atoms with Gasteiger partial charge in [-0.2, -0.15) is 22.0 Å². The molecule has 0 aromatic heterocycles. The number of anilines is 1. The van der Waals surface area contributed by atoms with Crippen LogP contribution in [0, 0.1) is 0 Å². The number of amides is 2. The summed E-state index contributed by atoms with van der Waals surface area (Å²) in [5, 5.41) is -0.126. The van der Waals surface area contributed by atoms with Crippen LogP contribution in [0.2, 0.25) is 0 Å². The molecular weight excluding hydrogens is 537 g/mol.